The topological polar surface area (TPSA) is 33.1 Å². The molecule has 1 unspecified atom stereocenters. The van der Waals surface area contributed by atoms with Gasteiger partial charge in [0.2, 0.25) is 0 Å². The summed E-state index contributed by atoms with van der Waals surface area (Å²) < 4.78 is 13.9. The molecule has 1 atom stereocenters. The smallest absolute Gasteiger partial charge is 0.124 e. The van der Waals surface area contributed by atoms with Crippen molar-refractivity contribution in [1.29, 1.82) is 0 Å². The molecule has 1 aromatic carbocycles. The van der Waals surface area contributed by atoms with E-state index in [2.05, 4.69) is 20.9 Å². The number of hydrogen-bond acceptors (Lipinski definition) is 3. The van der Waals surface area contributed by atoms with Crippen LogP contribution in [0.25, 0.3) is 0 Å². The number of thiazole rings is 1. The van der Waals surface area contributed by atoms with Gasteiger partial charge in [-0.15, -0.1) is 11.3 Å². The minimum atomic E-state index is -0.629. The Morgan fingerprint density at radius 1 is 1.47 bits per heavy atom. The number of benzene rings is 1. The van der Waals surface area contributed by atoms with Gasteiger partial charge >= 0.3 is 0 Å². The van der Waals surface area contributed by atoms with Gasteiger partial charge in [-0.1, -0.05) is 15.9 Å². The first-order valence-electron chi connectivity index (χ1n) is 5.09. The molecular formula is C12H11BrFNOS. The maximum Gasteiger partial charge on any atom is 0.124 e. The van der Waals surface area contributed by atoms with Crippen LogP contribution in [-0.2, 0) is 6.42 Å². The third kappa shape index (κ3) is 3.12. The molecule has 0 radical (unpaired) electrons. The molecule has 1 heterocycles. The van der Waals surface area contributed by atoms with E-state index in [1.807, 2.05) is 13.0 Å². The molecule has 0 amide bonds. The van der Waals surface area contributed by atoms with Crippen LogP contribution >= 0.6 is 27.3 Å². The Balaban J connectivity index is 2.18. The molecule has 0 spiro atoms. The zero-order valence-corrected chi connectivity index (χ0v) is 11.6. The highest BCUT2D eigenvalue weighted by molar-refractivity contribution is 9.10. The maximum absolute atomic E-state index is 13.2. The summed E-state index contributed by atoms with van der Waals surface area (Å²) >= 11 is 4.65. The highest BCUT2D eigenvalue weighted by Gasteiger charge is 2.14. The lowest BCUT2D eigenvalue weighted by Crippen LogP contribution is -2.02. The Morgan fingerprint density at radius 3 is 2.82 bits per heavy atom. The number of aromatic nitrogens is 1. The SMILES string of the molecule is Cc1ncsc1C(O)Cc1cc(F)cc(Br)c1. The van der Waals surface area contributed by atoms with Crippen LogP contribution in [0, 0.1) is 12.7 Å². The Bertz CT molecular complexity index is 509. The standard InChI is InChI=1S/C12H11BrFNOS/c1-7-12(17-6-15-7)11(16)4-8-2-9(13)5-10(14)3-8/h2-3,5-6,11,16H,4H2,1H3. The van der Waals surface area contributed by atoms with Gasteiger partial charge in [-0.05, 0) is 30.7 Å². The van der Waals surface area contributed by atoms with Crippen molar-refractivity contribution < 1.29 is 9.50 Å². The largest absolute Gasteiger partial charge is 0.387 e. The highest BCUT2D eigenvalue weighted by Crippen LogP contribution is 2.26. The van der Waals surface area contributed by atoms with Gasteiger partial charge in [0, 0.05) is 10.9 Å². The third-order valence-electron chi connectivity index (χ3n) is 2.44. The molecule has 0 aliphatic rings. The van der Waals surface area contributed by atoms with Crippen molar-refractivity contribution in [3.05, 3.63) is 50.1 Å². The minimum absolute atomic E-state index is 0.303. The van der Waals surface area contributed by atoms with E-state index in [-0.39, 0.29) is 5.82 Å². The van der Waals surface area contributed by atoms with E-state index < -0.39 is 6.10 Å². The molecule has 90 valence electrons. The van der Waals surface area contributed by atoms with Gasteiger partial charge in [-0.2, -0.15) is 0 Å². The predicted molar refractivity (Wildman–Crippen MR) is 69.6 cm³/mol. The van der Waals surface area contributed by atoms with Crippen molar-refractivity contribution in [2.24, 2.45) is 0 Å². The molecule has 2 rings (SSSR count). The third-order valence-corrected chi connectivity index (χ3v) is 3.93. The molecule has 1 aromatic heterocycles. The van der Waals surface area contributed by atoms with Crippen LogP contribution < -0.4 is 0 Å². The molecule has 1 N–H and O–H groups in total. The fourth-order valence-corrected chi connectivity index (χ4v) is 2.98. The van der Waals surface area contributed by atoms with Crippen LogP contribution in [0.1, 0.15) is 22.2 Å². The number of aryl methyl sites for hydroxylation is 1. The summed E-state index contributed by atoms with van der Waals surface area (Å²) in [5, 5.41) is 10.1. The predicted octanol–water partition coefficient (Wildman–Crippen LogP) is 3.63. The second kappa shape index (κ2) is 5.25. The first-order chi connectivity index (χ1) is 8.06. The number of aliphatic hydroxyl groups excluding tert-OH is 1. The van der Waals surface area contributed by atoms with Gasteiger partial charge in [-0.3, -0.25) is 0 Å². The summed E-state index contributed by atoms with van der Waals surface area (Å²) in [5.74, 6) is -0.303. The zero-order chi connectivity index (χ0) is 12.4. The molecular weight excluding hydrogens is 305 g/mol. The Labute approximate surface area is 111 Å². The average Bonchev–Trinajstić information content (AvgIpc) is 2.62. The van der Waals surface area contributed by atoms with E-state index in [0.717, 1.165) is 16.1 Å². The van der Waals surface area contributed by atoms with Crippen LogP contribution in [0.2, 0.25) is 0 Å². The van der Waals surface area contributed by atoms with Crippen LogP contribution in [0.4, 0.5) is 4.39 Å². The lowest BCUT2D eigenvalue weighted by Gasteiger charge is -2.10. The molecule has 17 heavy (non-hydrogen) atoms. The minimum Gasteiger partial charge on any atom is -0.387 e. The van der Waals surface area contributed by atoms with Crippen LogP contribution in [-0.4, -0.2) is 10.1 Å². The second-order valence-electron chi connectivity index (χ2n) is 3.80. The van der Waals surface area contributed by atoms with E-state index in [0.29, 0.717) is 10.9 Å². The lowest BCUT2D eigenvalue weighted by molar-refractivity contribution is 0.181. The van der Waals surface area contributed by atoms with Crippen LogP contribution in [0.3, 0.4) is 0 Å². The quantitative estimate of drug-likeness (QED) is 0.938. The Hall–Kier alpha value is -0.780. The number of halogens is 2. The summed E-state index contributed by atoms with van der Waals surface area (Å²) in [4.78, 5) is 4.93. The molecule has 2 nitrogen and oxygen atoms in total. The van der Waals surface area contributed by atoms with E-state index in [9.17, 15) is 9.50 Å². The van der Waals surface area contributed by atoms with E-state index in [1.165, 1.54) is 23.5 Å². The molecule has 0 saturated heterocycles. The van der Waals surface area contributed by atoms with Gasteiger partial charge in [0.1, 0.15) is 5.82 Å². The summed E-state index contributed by atoms with van der Waals surface area (Å²) in [7, 11) is 0. The van der Waals surface area contributed by atoms with Crippen molar-refractivity contribution in [3.63, 3.8) is 0 Å². The first kappa shape index (κ1) is 12.7. The average molecular weight is 316 g/mol. The van der Waals surface area contributed by atoms with E-state index in [4.69, 9.17) is 0 Å². The normalized spacial score (nSPS) is 12.7. The summed E-state index contributed by atoms with van der Waals surface area (Å²) in [5.41, 5.74) is 3.30. The van der Waals surface area contributed by atoms with Crippen molar-refractivity contribution in [3.8, 4) is 0 Å². The van der Waals surface area contributed by atoms with Gasteiger partial charge in [-0.25, -0.2) is 9.37 Å². The number of aliphatic hydroxyl groups is 1. The summed E-state index contributed by atoms with van der Waals surface area (Å²) in [6.07, 6.45) is -0.240. The Morgan fingerprint density at radius 2 is 2.24 bits per heavy atom. The van der Waals surface area contributed by atoms with Crippen LogP contribution in [0.15, 0.2) is 28.2 Å². The van der Waals surface area contributed by atoms with Gasteiger partial charge in [0.25, 0.3) is 0 Å². The van der Waals surface area contributed by atoms with Crippen molar-refractivity contribution >= 4 is 27.3 Å². The highest BCUT2D eigenvalue weighted by atomic mass is 79.9. The van der Waals surface area contributed by atoms with Crippen LogP contribution in [0.5, 0.6) is 0 Å². The van der Waals surface area contributed by atoms with Crippen molar-refractivity contribution in [1.82, 2.24) is 4.98 Å². The fraction of sp³-hybridized carbons (Fsp3) is 0.250. The number of hydrogen-bond donors (Lipinski definition) is 1. The summed E-state index contributed by atoms with van der Waals surface area (Å²) in [6.45, 7) is 1.86. The number of nitrogens with zero attached hydrogens (tertiary/aromatic N) is 1. The van der Waals surface area contributed by atoms with E-state index >= 15 is 0 Å². The molecule has 2 aromatic rings. The first-order valence-corrected chi connectivity index (χ1v) is 6.76. The maximum atomic E-state index is 13.2. The van der Waals surface area contributed by atoms with Crippen molar-refractivity contribution in [2.45, 2.75) is 19.4 Å². The Kier molecular flexibility index (Phi) is 3.91. The number of rotatable bonds is 3. The van der Waals surface area contributed by atoms with Gasteiger partial charge < -0.3 is 5.11 Å². The zero-order valence-electron chi connectivity index (χ0n) is 9.15. The van der Waals surface area contributed by atoms with Gasteiger partial charge in [0.15, 0.2) is 0 Å². The lowest BCUT2D eigenvalue weighted by atomic mass is 10.1. The molecule has 0 aliphatic heterocycles. The molecule has 0 aliphatic carbocycles. The van der Waals surface area contributed by atoms with E-state index in [1.54, 1.807) is 5.51 Å². The fourth-order valence-electron chi connectivity index (χ4n) is 1.68. The molecule has 5 heteroatoms. The molecule has 0 saturated carbocycles. The monoisotopic (exact) mass is 315 g/mol. The van der Waals surface area contributed by atoms with Gasteiger partial charge in [0.05, 0.1) is 22.2 Å². The second-order valence-corrected chi connectivity index (χ2v) is 5.60. The van der Waals surface area contributed by atoms with Crippen molar-refractivity contribution in [2.75, 3.05) is 0 Å². The molecule has 0 bridgehead atoms. The molecule has 0 fully saturated rings. The summed E-state index contributed by atoms with van der Waals surface area (Å²) in [6, 6.07) is 4.64.